The number of fused-ring (bicyclic) bond motifs is 4. The zero-order valence-corrected chi connectivity index (χ0v) is 44.3. The molecule has 21 heteroatoms. The first kappa shape index (κ1) is 49.8. The molecule has 12 rings (SSSR count). The van der Waals surface area contributed by atoms with E-state index >= 15 is 0 Å². The summed E-state index contributed by atoms with van der Waals surface area (Å²) in [6.45, 7) is 1.31. The van der Waals surface area contributed by atoms with Crippen LogP contribution < -0.4 is 10.6 Å². The standard InChI is InChI=1S/C55H44Cl5N11O5/c1-73-52(72)48-44(28-61-24-23-31-10-4-6-15-39(31)57)71-55(76-48)64-50(67-71)37-20-18-33(26-41(37)59)35-13-8-14-38(47(35)60)51-65-53-69(68-51)42(46(27-56)75-53)21-22-45-43(29-62-34-19-17-30-9-2-3-11-32(30)25-34)70-54(74-45)63-49(66-70)36-12-5-7-16-40(36)58/h2-16,18,20,26,34,61-62H,17,19,21-25,27-29H2,1H3. The predicted molar refractivity (Wildman–Crippen MR) is 290 cm³/mol. The summed E-state index contributed by atoms with van der Waals surface area (Å²) in [5.74, 6) is 2.55. The van der Waals surface area contributed by atoms with Gasteiger partial charge in [0.25, 0.3) is 0 Å². The van der Waals surface area contributed by atoms with Crippen molar-refractivity contribution in [2.24, 2.45) is 0 Å². The number of rotatable bonds is 17. The lowest BCUT2D eigenvalue weighted by molar-refractivity contribution is 0.0565. The molecule has 1 unspecified atom stereocenters. The Bertz CT molecular complexity index is 3990. The van der Waals surface area contributed by atoms with Crippen molar-refractivity contribution < 1.29 is 22.8 Å². The molecule has 384 valence electrons. The molecular formula is C55H44Cl5N11O5. The summed E-state index contributed by atoms with van der Waals surface area (Å²) in [6.07, 6.45) is 4.52. The molecule has 76 heavy (non-hydrogen) atoms. The number of nitrogens with one attached hydrogen (secondary N) is 2. The second-order valence-corrected chi connectivity index (χ2v) is 20.2. The van der Waals surface area contributed by atoms with E-state index in [1.807, 2.05) is 72.8 Å². The van der Waals surface area contributed by atoms with Crippen LogP contribution in [0.15, 0.2) is 122 Å². The largest absolute Gasteiger partial charge is 0.463 e. The maximum absolute atomic E-state index is 12.7. The van der Waals surface area contributed by atoms with Gasteiger partial charge in [-0.05, 0) is 90.9 Å². The molecule has 2 N–H and O–H groups in total. The van der Waals surface area contributed by atoms with Crippen LogP contribution >= 0.6 is 58.0 Å². The Morgan fingerprint density at radius 2 is 1.26 bits per heavy atom. The topological polar surface area (TPSA) is 180 Å². The summed E-state index contributed by atoms with van der Waals surface area (Å²) in [6, 6.07) is 35.1. The summed E-state index contributed by atoms with van der Waals surface area (Å²) in [7, 11) is 1.29. The molecule has 0 amide bonds. The van der Waals surface area contributed by atoms with Crippen LogP contribution in [0.3, 0.4) is 0 Å². The van der Waals surface area contributed by atoms with Crippen LogP contribution in [0, 0.1) is 0 Å². The summed E-state index contributed by atoms with van der Waals surface area (Å²) in [4.78, 5) is 26.9. The number of carbonyl (C=O) groups excluding carboxylic acids is 1. The average Bonchev–Trinajstić information content (AvgIpc) is 4.36. The lowest BCUT2D eigenvalue weighted by Gasteiger charge is -2.25. The van der Waals surface area contributed by atoms with Gasteiger partial charge in [0, 0.05) is 59.2 Å². The maximum atomic E-state index is 12.7. The molecular weight excluding hydrogens is 1070 g/mol. The Balaban J connectivity index is 0.791. The SMILES string of the molecule is COC(=O)c1oc2nc(-c3ccc(-c4cccc(-c5nc6oc(CCl)c(CCc7oc8nc(-c9ccccc9Cl)nn8c7CNC7CCc8ccccc8C7)n6n5)c4Cl)cc3Cl)nn2c1CNCCc1ccccc1Cl. The maximum Gasteiger partial charge on any atom is 0.376 e. The highest BCUT2D eigenvalue weighted by molar-refractivity contribution is 6.36. The van der Waals surface area contributed by atoms with E-state index in [0.717, 1.165) is 41.8 Å². The van der Waals surface area contributed by atoms with Crippen molar-refractivity contribution in [2.45, 2.75) is 63.5 Å². The number of alkyl halides is 1. The average molecular weight is 1120 g/mol. The van der Waals surface area contributed by atoms with Gasteiger partial charge in [-0.25, -0.2) is 4.79 Å². The number of carbonyl (C=O) groups is 1. The molecule has 5 aromatic carbocycles. The molecule has 1 aliphatic rings. The van der Waals surface area contributed by atoms with E-state index < -0.39 is 5.97 Å². The quantitative estimate of drug-likeness (QED) is 0.0500. The van der Waals surface area contributed by atoms with Gasteiger partial charge in [0.1, 0.15) is 17.2 Å². The van der Waals surface area contributed by atoms with Gasteiger partial charge >= 0.3 is 23.5 Å². The van der Waals surface area contributed by atoms with Crippen LogP contribution in [0.1, 0.15) is 62.3 Å². The van der Waals surface area contributed by atoms with E-state index in [9.17, 15) is 4.79 Å². The fourth-order valence-corrected chi connectivity index (χ4v) is 11.1. The highest BCUT2D eigenvalue weighted by Crippen LogP contribution is 2.39. The Kier molecular flexibility index (Phi) is 13.9. The van der Waals surface area contributed by atoms with Crippen LogP contribution in [0.2, 0.25) is 20.1 Å². The third kappa shape index (κ3) is 9.52. The van der Waals surface area contributed by atoms with Gasteiger partial charge in [-0.15, -0.1) is 26.9 Å². The van der Waals surface area contributed by atoms with E-state index in [1.165, 1.54) is 22.8 Å². The van der Waals surface area contributed by atoms with Crippen LogP contribution in [0.5, 0.6) is 0 Å². The van der Waals surface area contributed by atoms with Crippen molar-refractivity contribution in [3.05, 3.63) is 180 Å². The molecule has 0 aliphatic heterocycles. The van der Waals surface area contributed by atoms with Gasteiger partial charge in [-0.2, -0.15) is 28.5 Å². The van der Waals surface area contributed by atoms with E-state index in [4.69, 9.17) is 101 Å². The number of esters is 1. The molecule has 0 saturated heterocycles. The second kappa shape index (κ2) is 21.2. The van der Waals surface area contributed by atoms with Crippen molar-refractivity contribution >= 4 is 81.5 Å². The van der Waals surface area contributed by atoms with E-state index in [1.54, 1.807) is 21.2 Å². The number of hydrogen-bond donors (Lipinski definition) is 2. The fraction of sp³-hybridized carbons (Fsp3) is 0.218. The highest BCUT2D eigenvalue weighted by Gasteiger charge is 2.28. The van der Waals surface area contributed by atoms with Gasteiger partial charge in [0.2, 0.25) is 5.76 Å². The Morgan fingerprint density at radius 1 is 0.632 bits per heavy atom. The number of methoxy groups -OCH3 is 1. The number of oxazole rings is 3. The second-order valence-electron chi connectivity index (χ2n) is 18.3. The van der Waals surface area contributed by atoms with Crippen LogP contribution in [-0.2, 0) is 55.8 Å². The lowest BCUT2D eigenvalue weighted by atomic mass is 9.88. The fourth-order valence-electron chi connectivity index (χ4n) is 9.82. The zero-order valence-electron chi connectivity index (χ0n) is 40.5. The predicted octanol–water partition coefficient (Wildman–Crippen LogP) is 12.2. The van der Waals surface area contributed by atoms with E-state index in [0.29, 0.717) is 115 Å². The number of hydrogen-bond acceptors (Lipinski definition) is 13. The smallest absolute Gasteiger partial charge is 0.376 e. The summed E-state index contributed by atoms with van der Waals surface area (Å²) in [5.41, 5.74) is 9.04. The first-order valence-electron chi connectivity index (χ1n) is 24.5. The Morgan fingerprint density at radius 3 is 2.00 bits per heavy atom. The molecule has 11 aromatic rings. The molecule has 0 fully saturated rings. The minimum atomic E-state index is -0.651. The summed E-state index contributed by atoms with van der Waals surface area (Å²) < 4.78 is 28.5. The first-order valence-corrected chi connectivity index (χ1v) is 26.5. The van der Waals surface area contributed by atoms with Crippen LogP contribution in [-0.4, -0.2) is 69.5 Å². The minimum absolute atomic E-state index is 0.00671. The normalized spacial score (nSPS) is 13.6. The molecule has 1 atom stereocenters. The van der Waals surface area contributed by atoms with Gasteiger partial charge in [0.05, 0.1) is 39.4 Å². The number of aryl methyl sites for hydroxylation is 3. The Hall–Kier alpha value is -7.02. The molecule has 6 heterocycles. The van der Waals surface area contributed by atoms with Gasteiger partial charge < -0.3 is 28.6 Å². The monoisotopic (exact) mass is 1110 g/mol. The lowest BCUT2D eigenvalue weighted by Crippen LogP contribution is -2.34. The summed E-state index contributed by atoms with van der Waals surface area (Å²) in [5, 5.41) is 23.7. The number of ether oxygens (including phenoxy) is 1. The van der Waals surface area contributed by atoms with Crippen molar-refractivity contribution in [1.29, 1.82) is 0 Å². The molecule has 0 bridgehead atoms. The van der Waals surface area contributed by atoms with Crippen LogP contribution in [0.4, 0.5) is 0 Å². The van der Waals surface area contributed by atoms with Gasteiger partial charge in [0.15, 0.2) is 17.5 Å². The van der Waals surface area contributed by atoms with Crippen LogP contribution in [0.25, 0.3) is 62.8 Å². The first-order chi connectivity index (χ1) is 37.1. The van der Waals surface area contributed by atoms with Crippen molar-refractivity contribution in [3.63, 3.8) is 0 Å². The number of aromatic nitrogens is 9. The van der Waals surface area contributed by atoms with E-state index in [-0.39, 0.29) is 35.9 Å². The number of benzene rings is 5. The number of halogens is 5. The van der Waals surface area contributed by atoms with Gasteiger partial charge in [-0.3, -0.25) is 0 Å². The van der Waals surface area contributed by atoms with Crippen molar-refractivity contribution in [1.82, 2.24) is 54.4 Å². The zero-order chi connectivity index (χ0) is 52.0. The van der Waals surface area contributed by atoms with Gasteiger partial charge in [-0.1, -0.05) is 119 Å². The highest BCUT2D eigenvalue weighted by atomic mass is 35.5. The van der Waals surface area contributed by atoms with Crippen molar-refractivity contribution in [2.75, 3.05) is 13.7 Å². The molecule has 6 aromatic heterocycles. The molecule has 0 saturated carbocycles. The molecule has 16 nitrogen and oxygen atoms in total. The third-order valence-electron chi connectivity index (χ3n) is 13.7. The summed E-state index contributed by atoms with van der Waals surface area (Å²) >= 11 is 33.7. The Labute approximate surface area is 458 Å². The van der Waals surface area contributed by atoms with Crippen molar-refractivity contribution in [3.8, 4) is 45.3 Å². The molecule has 0 spiro atoms. The van der Waals surface area contributed by atoms with E-state index in [2.05, 4.69) is 39.9 Å². The minimum Gasteiger partial charge on any atom is -0.463 e. The number of nitrogens with zero attached hydrogens (tertiary/aromatic N) is 9. The molecule has 1 aliphatic carbocycles. The third-order valence-corrected chi connectivity index (χ3v) is 15.4. The molecule has 0 radical (unpaired) electrons.